The lowest BCUT2D eigenvalue weighted by atomic mass is 9.87. The van der Waals surface area contributed by atoms with Crippen LogP contribution in [0.4, 0.5) is 10.1 Å². The van der Waals surface area contributed by atoms with Crippen molar-refractivity contribution in [3.8, 4) is 0 Å². The lowest BCUT2D eigenvalue weighted by molar-refractivity contribution is -0.129. The summed E-state index contributed by atoms with van der Waals surface area (Å²) in [5, 5.41) is 8.78. The molecule has 3 rings (SSSR count). The van der Waals surface area contributed by atoms with Crippen LogP contribution in [0.5, 0.6) is 0 Å². The lowest BCUT2D eigenvalue weighted by Gasteiger charge is -2.40. The Morgan fingerprint density at radius 1 is 1.23 bits per heavy atom. The third-order valence-electron chi connectivity index (χ3n) is 4.36. The predicted molar refractivity (Wildman–Crippen MR) is 80.8 cm³/mol. The summed E-state index contributed by atoms with van der Waals surface area (Å²) in [5.74, 6) is -0.997. The zero-order valence-electron chi connectivity index (χ0n) is 12.3. The molecule has 1 aromatic rings. The molecule has 0 bridgehead atoms. The molecule has 3 atom stereocenters. The number of nitrogens with one attached hydrogen (secondary N) is 3. The van der Waals surface area contributed by atoms with Gasteiger partial charge in [-0.1, -0.05) is 25.0 Å². The van der Waals surface area contributed by atoms with Crippen molar-refractivity contribution in [2.24, 2.45) is 0 Å². The van der Waals surface area contributed by atoms with Crippen molar-refractivity contribution < 1.29 is 14.0 Å². The summed E-state index contributed by atoms with van der Waals surface area (Å²) in [5.41, 5.74) is 0.138. The Morgan fingerprint density at radius 3 is 2.73 bits per heavy atom. The van der Waals surface area contributed by atoms with Gasteiger partial charge in [-0.05, 0) is 25.0 Å². The number of carbonyl (C=O) groups excluding carboxylic acids is 2. The zero-order valence-corrected chi connectivity index (χ0v) is 12.3. The summed E-state index contributed by atoms with van der Waals surface area (Å²) in [7, 11) is 0. The lowest BCUT2D eigenvalue weighted by Crippen LogP contribution is -2.65. The van der Waals surface area contributed by atoms with Gasteiger partial charge in [0.1, 0.15) is 5.82 Å². The van der Waals surface area contributed by atoms with Gasteiger partial charge in [0.2, 0.25) is 11.8 Å². The molecule has 2 aliphatic rings. The maximum Gasteiger partial charge on any atom is 0.237 e. The van der Waals surface area contributed by atoms with Gasteiger partial charge in [-0.3, -0.25) is 9.59 Å². The molecule has 1 heterocycles. The number of fused-ring (bicyclic) bond motifs is 1. The molecule has 22 heavy (non-hydrogen) atoms. The van der Waals surface area contributed by atoms with Crippen LogP contribution < -0.4 is 16.0 Å². The Bertz CT molecular complexity index is 578. The molecule has 0 aromatic heterocycles. The molecule has 0 radical (unpaired) electrons. The Morgan fingerprint density at radius 2 is 1.95 bits per heavy atom. The van der Waals surface area contributed by atoms with E-state index in [-0.39, 0.29) is 36.0 Å². The first kappa shape index (κ1) is 15.0. The van der Waals surface area contributed by atoms with Gasteiger partial charge in [0.25, 0.3) is 0 Å². The molecule has 0 spiro atoms. The van der Waals surface area contributed by atoms with Crippen molar-refractivity contribution in [1.82, 2.24) is 10.6 Å². The summed E-state index contributed by atoms with van der Waals surface area (Å²) in [6.07, 6.45) is 4.26. The molecule has 1 saturated carbocycles. The fraction of sp³-hybridized carbons (Fsp3) is 0.500. The Hall–Kier alpha value is -1.95. The summed E-state index contributed by atoms with van der Waals surface area (Å²) >= 11 is 0. The van der Waals surface area contributed by atoms with Gasteiger partial charge in [-0.2, -0.15) is 0 Å². The molecule has 2 amide bonds. The summed E-state index contributed by atoms with van der Waals surface area (Å²) in [4.78, 5) is 24.1. The number of amides is 2. The number of halogens is 1. The van der Waals surface area contributed by atoms with E-state index in [1.165, 1.54) is 12.1 Å². The average Bonchev–Trinajstić information content (AvgIpc) is 2.50. The number of hydrogen-bond acceptors (Lipinski definition) is 3. The van der Waals surface area contributed by atoms with E-state index in [2.05, 4.69) is 16.0 Å². The fourth-order valence-electron chi connectivity index (χ4n) is 3.22. The first-order valence-electron chi connectivity index (χ1n) is 7.74. The summed E-state index contributed by atoms with van der Waals surface area (Å²) in [6.45, 7) is 0. The molecule has 1 aromatic carbocycles. The molecule has 0 unspecified atom stereocenters. The van der Waals surface area contributed by atoms with Crippen LogP contribution in [-0.4, -0.2) is 29.9 Å². The van der Waals surface area contributed by atoms with Gasteiger partial charge in [0.05, 0.1) is 18.2 Å². The smallest absolute Gasteiger partial charge is 0.237 e. The van der Waals surface area contributed by atoms with Crippen molar-refractivity contribution in [2.75, 3.05) is 5.32 Å². The molecule has 6 heteroatoms. The summed E-state index contributed by atoms with van der Waals surface area (Å²) in [6, 6.07) is 5.85. The summed E-state index contributed by atoms with van der Waals surface area (Å²) < 4.78 is 13.5. The van der Waals surface area contributed by atoms with Crippen molar-refractivity contribution in [3.63, 3.8) is 0 Å². The third-order valence-corrected chi connectivity index (χ3v) is 4.36. The zero-order chi connectivity index (χ0) is 15.5. The van der Waals surface area contributed by atoms with Crippen molar-refractivity contribution >= 4 is 17.5 Å². The van der Waals surface area contributed by atoms with Crippen LogP contribution in [0.2, 0.25) is 0 Å². The molecule has 1 aliphatic heterocycles. The van der Waals surface area contributed by atoms with Crippen molar-refractivity contribution in [3.05, 3.63) is 30.1 Å². The van der Waals surface area contributed by atoms with Gasteiger partial charge in [-0.25, -0.2) is 4.39 Å². The van der Waals surface area contributed by atoms with E-state index in [1.807, 2.05) is 0 Å². The quantitative estimate of drug-likeness (QED) is 0.793. The molecular weight excluding hydrogens is 285 g/mol. The second-order valence-electron chi connectivity index (χ2n) is 5.96. The minimum Gasteiger partial charge on any atom is -0.350 e. The minimum atomic E-state index is -0.550. The largest absolute Gasteiger partial charge is 0.350 e. The van der Waals surface area contributed by atoms with Crippen LogP contribution in [0.25, 0.3) is 0 Å². The second kappa shape index (κ2) is 6.44. The Kier molecular flexibility index (Phi) is 4.38. The number of benzene rings is 1. The van der Waals surface area contributed by atoms with E-state index in [9.17, 15) is 14.0 Å². The Labute approximate surface area is 128 Å². The maximum absolute atomic E-state index is 13.5. The van der Waals surface area contributed by atoms with Gasteiger partial charge in [0.15, 0.2) is 0 Å². The fourth-order valence-corrected chi connectivity index (χ4v) is 3.22. The van der Waals surface area contributed by atoms with E-state index < -0.39 is 11.9 Å². The number of anilines is 1. The van der Waals surface area contributed by atoms with E-state index >= 15 is 0 Å². The Balaban J connectivity index is 1.59. The average molecular weight is 305 g/mol. The first-order chi connectivity index (χ1) is 10.6. The second-order valence-corrected chi connectivity index (χ2v) is 5.96. The highest BCUT2D eigenvalue weighted by Gasteiger charge is 2.36. The van der Waals surface area contributed by atoms with Crippen LogP contribution in [0, 0.1) is 5.82 Å². The number of para-hydroxylation sites is 1. The number of hydrogen-bond donors (Lipinski definition) is 3. The topological polar surface area (TPSA) is 70.2 Å². The highest BCUT2D eigenvalue weighted by molar-refractivity contribution is 5.95. The number of rotatable bonds is 3. The number of carbonyl (C=O) groups is 2. The first-order valence-corrected chi connectivity index (χ1v) is 7.74. The highest BCUT2D eigenvalue weighted by Crippen LogP contribution is 2.22. The van der Waals surface area contributed by atoms with E-state index in [4.69, 9.17) is 0 Å². The van der Waals surface area contributed by atoms with Crippen LogP contribution >= 0.6 is 0 Å². The molecule has 2 fully saturated rings. The SMILES string of the molecule is O=C(C[C@H]1N[C@@H]2CCCC[C@@H]2NC1=O)Nc1ccccc1F. The normalized spacial score (nSPS) is 27.7. The maximum atomic E-state index is 13.5. The molecule has 5 nitrogen and oxygen atoms in total. The van der Waals surface area contributed by atoms with E-state index in [0.29, 0.717) is 0 Å². The van der Waals surface area contributed by atoms with Gasteiger partial charge in [-0.15, -0.1) is 0 Å². The highest BCUT2D eigenvalue weighted by atomic mass is 19.1. The van der Waals surface area contributed by atoms with Crippen LogP contribution in [0.1, 0.15) is 32.1 Å². The monoisotopic (exact) mass is 305 g/mol. The molecule has 1 aliphatic carbocycles. The van der Waals surface area contributed by atoms with Gasteiger partial charge in [0, 0.05) is 12.1 Å². The van der Waals surface area contributed by atoms with Crippen molar-refractivity contribution in [1.29, 1.82) is 0 Å². The third kappa shape index (κ3) is 3.27. The van der Waals surface area contributed by atoms with Crippen LogP contribution in [0.15, 0.2) is 24.3 Å². The minimum absolute atomic E-state index is 0.00336. The molecule has 3 N–H and O–H groups in total. The molecular formula is C16H20FN3O2. The van der Waals surface area contributed by atoms with Gasteiger partial charge >= 0.3 is 0 Å². The molecule has 118 valence electrons. The van der Waals surface area contributed by atoms with E-state index in [0.717, 1.165) is 25.7 Å². The predicted octanol–water partition coefficient (Wildman–Crippen LogP) is 1.55. The molecule has 1 saturated heterocycles. The van der Waals surface area contributed by atoms with Gasteiger partial charge < -0.3 is 16.0 Å². The van der Waals surface area contributed by atoms with E-state index in [1.54, 1.807) is 12.1 Å². The number of piperazine rings is 1. The van der Waals surface area contributed by atoms with Crippen LogP contribution in [-0.2, 0) is 9.59 Å². The standard InChI is InChI=1S/C16H20FN3O2/c17-10-5-1-2-6-11(10)19-15(21)9-14-16(22)20-13-8-4-3-7-12(13)18-14/h1-2,5-6,12-14,18H,3-4,7-9H2,(H,19,21)(H,20,22)/t12-,13+,14-/m1/s1. The van der Waals surface area contributed by atoms with Crippen LogP contribution in [0.3, 0.4) is 0 Å². The van der Waals surface area contributed by atoms with Crippen molar-refractivity contribution in [2.45, 2.75) is 50.2 Å².